The van der Waals surface area contributed by atoms with Crippen LogP contribution >= 0.6 is 11.6 Å². The van der Waals surface area contributed by atoms with Crippen molar-refractivity contribution in [3.05, 3.63) is 93.3 Å². The first-order valence-electron chi connectivity index (χ1n) is 10.7. The van der Waals surface area contributed by atoms with Gasteiger partial charge in [0.1, 0.15) is 17.0 Å². The Hall–Kier alpha value is -3.36. The van der Waals surface area contributed by atoms with Crippen LogP contribution in [0.15, 0.2) is 54.7 Å². The fourth-order valence-electron chi connectivity index (χ4n) is 4.68. The number of nitriles is 1. The van der Waals surface area contributed by atoms with Crippen LogP contribution in [0.4, 0.5) is 0 Å². The number of nitrogens with zero attached hydrogens (tertiary/aromatic N) is 2. The van der Waals surface area contributed by atoms with Gasteiger partial charge in [0.25, 0.3) is 0 Å². The summed E-state index contributed by atoms with van der Waals surface area (Å²) >= 11 is 5.91. The molecule has 0 radical (unpaired) electrons. The largest absolute Gasteiger partial charge is 0.486 e. The summed E-state index contributed by atoms with van der Waals surface area (Å²) in [5, 5.41) is 19.2. The van der Waals surface area contributed by atoms with E-state index in [4.69, 9.17) is 21.4 Å². The molecule has 0 aliphatic heterocycles. The summed E-state index contributed by atoms with van der Waals surface area (Å²) in [5.41, 5.74) is 6.08. The summed E-state index contributed by atoms with van der Waals surface area (Å²) in [6, 6.07) is 17.7. The van der Waals surface area contributed by atoms with E-state index in [0.29, 0.717) is 23.6 Å². The van der Waals surface area contributed by atoms with Crippen LogP contribution in [0.3, 0.4) is 0 Å². The molecule has 0 bridgehead atoms. The number of carboxylic acid groups (broad SMARTS) is 1. The number of fused-ring (bicyclic) bond motifs is 1. The maximum atomic E-state index is 11.1. The van der Waals surface area contributed by atoms with Crippen molar-refractivity contribution in [2.45, 2.75) is 37.7 Å². The lowest BCUT2D eigenvalue weighted by atomic mass is 9.93. The average molecular weight is 445 g/mol. The maximum Gasteiger partial charge on any atom is 0.307 e. The van der Waals surface area contributed by atoms with Crippen LogP contribution in [0.5, 0.6) is 5.75 Å². The minimum Gasteiger partial charge on any atom is -0.486 e. The molecule has 0 saturated heterocycles. The van der Waals surface area contributed by atoms with Gasteiger partial charge in [0, 0.05) is 12.6 Å². The highest BCUT2D eigenvalue weighted by Gasteiger charge is 2.44. The van der Waals surface area contributed by atoms with Crippen molar-refractivity contribution < 1.29 is 14.6 Å². The van der Waals surface area contributed by atoms with E-state index in [2.05, 4.69) is 11.1 Å². The first-order valence-corrected chi connectivity index (χ1v) is 11.1. The van der Waals surface area contributed by atoms with Gasteiger partial charge in [-0.15, -0.1) is 0 Å². The second kappa shape index (κ2) is 8.29. The van der Waals surface area contributed by atoms with E-state index in [1.807, 2.05) is 42.5 Å². The molecule has 2 aliphatic rings. The highest BCUT2D eigenvalue weighted by atomic mass is 35.5. The van der Waals surface area contributed by atoms with Crippen LogP contribution in [0.2, 0.25) is 5.15 Å². The third kappa shape index (κ3) is 3.94. The number of ether oxygens (including phenoxy) is 1. The molecule has 0 amide bonds. The molecule has 5 nitrogen and oxygen atoms in total. The van der Waals surface area contributed by atoms with E-state index < -0.39 is 5.97 Å². The van der Waals surface area contributed by atoms with Gasteiger partial charge in [-0.2, -0.15) is 5.26 Å². The third-order valence-electron chi connectivity index (χ3n) is 6.46. The van der Waals surface area contributed by atoms with Gasteiger partial charge in [0.2, 0.25) is 0 Å². The Morgan fingerprint density at radius 2 is 2.00 bits per heavy atom. The van der Waals surface area contributed by atoms with Gasteiger partial charge in [-0.25, -0.2) is 4.98 Å². The molecule has 1 heterocycles. The smallest absolute Gasteiger partial charge is 0.307 e. The molecule has 6 heteroatoms. The Bertz CT molecular complexity index is 1220. The molecule has 1 N–H and O–H groups in total. The molecule has 0 spiro atoms. The maximum absolute atomic E-state index is 11.1. The second-order valence-electron chi connectivity index (χ2n) is 8.44. The quantitative estimate of drug-likeness (QED) is 0.511. The average Bonchev–Trinajstić information content (AvgIpc) is 3.51. The van der Waals surface area contributed by atoms with E-state index in [9.17, 15) is 10.1 Å². The van der Waals surface area contributed by atoms with E-state index >= 15 is 0 Å². The molecule has 5 rings (SSSR count). The first kappa shape index (κ1) is 20.5. The van der Waals surface area contributed by atoms with Crippen LogP contribution in [-0.2, 0) is 17.6 Å². The Morgan fingerprint density at radius 1 is 1.19 bits per heavy atom. The van der Waals surface area contributed by atoms with Gasteiger partial charge < -0.3 is 9.84 Å². The summed E-state index contributed by atoms with van der Waals surface area (Å²) < 4.78 is 6.30. The molecule has 2 aliphatic carbocycles. The van der Waals surface area contributed by atoms with Crippen LogP contribution < -0.4 is 4.74 Å². The molecular formula is C26H21ClN2O3. The molecule has 1 saturated carbocycles. The number of hydrogen-bond donors (Lipinski definition) is 1. The minimum atomic E-state index is -0.722. The lowest BCUT2D eigenvalue weighted by molar-refractivity contribution is -0.138. The molecular weight excluding hydrogens is 424 g/mol. The normalized spacial score (nSPS) is 20.9. The number of carbonyl (C=O) groups is 1. The monoisotopic (exact) mass is 444 g/mol. The van der Waals surface area contributed by atoms with Crippen molar-refractivity contribution in [1.82, 2.24) is 4.98 Å². The van der Waals surface area contributed by atoms with Gasteiger partial charge in [-0.1, -0.05) is 35.9 Å². The van der Waals surface area contributed by atoms with Crippen LogP contribution in [0.1, 0.15) is 58.2 Å². The molecule has 160 valence electrons. The number of aromatic nitrogens is 1. The summed E-state index contributed by atoms with van der Waals surface area (Å²) in [6.45, 7) is 0. The van der Waals surface area contributed by atoms with Crippen LogP contribution in [0.25, 0.3) is 0 Å². The van der Waals surface area contributed by atoms with Crippen molar-refractivity contribution in [1.29, 1.82) is 5.26 Å². The second-order valence-corrected chi connectivity index (χ2v) is 8.83. The lowest BCUT2D eigenvalue weighted by Gasteiger charge is -2.17. The highest BCUT2D eigenvalue weighted by molar-refractivity contribution is 6.29. The molecule has 1 fully saturated rings. The summed E-state index contributed by atoms with van der Waals surface area (Å²) in [6.07, 6.45) is 4.72. The van der Waals surface area contributed by atoms with Crippen molar-refractivity contribution in [3.8, 4) is 11.8 Å². The van der Waals surface area contributed by atoms with Crippen molar-refractivity contribution >= 4 is 17.6 Å². The molecule has 3 atom stereocenters. The lowest BCUT2D eigenvalue weighted by Crippen LogP contribution is -2.05. The molecule has 2 aromatic carbocycles. The van der Waals surface area contributed by atoms with E-state index in [0.717, 1.165) is 40.8 Å². The summed E-state index contributed by atoms with van der Waals surface area (Å²) in [5.74, 6) is -0.0955. The molecule has 2 unspecified atom stereocenters. The number of benzene rings is 2. The van der Waals surface area contributed by atoms with Gasteiger partial charge in [-0.3, -0.25) is 4.79 Å². The Kier molecular flexibility index (Phi) is 5.32. The summed E-state index contributed by atoms with van der Waals surface area (Å²) in [4.78, 5) is 15.3. The number of carboxylic acids is 1. The highest BCUT2D eigenvalue weighted by Crippen LogP contribution is 2.48. The van der Waals surface area contributed by atoms with E-state index in [1.54, 1.807) is 12.3 Å². The first-order chi connectivity index (χ1) is 15.5. The molecule has 3 aromatic rings. The van der Waals surface area contributed by atoms with Crippen LogP contribution in [-0.4, -0.2) is 16.1 Å². The van der Waals surface area contributed by atoms with Crippen molar-refractivity contribution in [2.75, 3.05) is 0 Å². The fourth-order valence-corrected chi connectivity index (χ4v) is 4.79. The van der Waals surface area contributed by atoms with Gasteiger partial charge >= 0.3 is 5.97 Å². The number of rotatable bonds is 6. The van der Waals surface area contributed by atoms with Crippen LogP contribution in [0, 0.1) is 17.2 Å². The van der Waals surface area contributed by atoms with Gasteiger partial charge in [0.05, 0.1) is 17.6 Å². The minimum absolute atomic E-state index is 0.0709. The number of aliphatic carboxylic acids is 1. The number of pyridine rings is 1. The number of halogens is 1. The molecule has 1 aromatic heterocycles. The van der Waals surface area contributed by atoms with Crippen molar-refractivity contribution in [2.24, 2.45) is 5.92 Å². The third-order valence-corrected chi connectivity index (χ3v) is 6.68. The van der Waals surface area contributed by atoms with E-state index in [-0.39, 0.29) is 17.9 Å². The Balaban J connectivity index is 1.35. The number of hydrogen-bond acceptors (Lipinski definition) is 4. The predicted molar refractivity (Wildman–Crippen MR) is 120 cm³/mol. The Labute approximate surface area is 191 Å². The zero-order valence-electron chi connectivity index (χ0n) is 17.3. The molecule has 32 heavy (non-hydrogen) atoms. The fraction of sp³-hybridized carbons (Fsp3) is 0.269. The Morgan fingerprint density at radius 3 is 2.66 bits per heavy atom. The SMILES string of the molecule is N#Cc1ccc2c(c1Cc1ccc(Cl)nc1)CCC2Oc1ccc(C2C[C@@H]2C(=O)O)cc1. The zero-order valence-corrected chi connectivity index (χ0v) is 18.0. The van der Waals surface area contributed by atoms with Gasteiger partial charge in [-0.05, 0) is 77.3 Å². The van der Waals surface area contributed by atoms with Gasteiger partial charge in [0.15, 0.2) is 0 Å². The standard InChI is InChI=1S/C26H21ClN2O3/c27-25-10-1-15(14-29-25)11-21-17(13-28)4-7-20-19(21)8-9-24(20)32-18-5-2-16(3-6-18)22-12-23(22)26(30)31/h1-7,10,14,22-24H,8-9,11-12H2,(H,30,31)/t22?,23-,24?/m0/s1. The summed E-state index contributed by atoms with van der Waals surface area (Å²) in [7, 11) is 0. The topological polar surface area (TPSA) is 83.2 Å². The zero-order chi connectivity index (χ0) is 22.2. The predicted octanol–water partition coefficient (Wildman–Crippen LogP) is 5.45. The van der Waals surface area contributed by atoms with Crippen molar-refractivity contribution in [3.63, 3.8) is 0 Å². The van der Waals surface area contributed by atoms with E-state index in [1.165, 1.54) is 5.56 Å².